The smallest absolute Gasteiger partial charge is 0.268 e. The van der Waals surface area contributed by atoms with Gasteiger partial charge in [-0.1, -0.05) is 215 Å². The number of allylic oxidation sites excluding steroid dienone is 12. The summed E-state index contributed by atoms with van der Waals surface area (Å²) in [5.41, 5.74) is 0. The number of phosphoric ester groups is 1. The van der Waals surface area contributed by atoms with Crippen LogP contribution in [0.1, 0.15) is 213 Å². The van der Waals surface area contributed by atoms with Gasteiger partial charge in [-0.15, -0.1) is 0 Å². The van der Waals surface area contributed by atoms with Gasteiger partial charge in [-0.05, 0) is 64.2 Å². The molecular formula is C54H99N2O6P. The predicted molar refractivity (Wildman–Crippen MR) is 270 cm³/mol. The van der Waals surface area contributed by atoms with Gasteiger partial charge in [-0.2, -0.15) is 0 Å². The lowest BCUT2D eigenvalue weighted by Gasteiger charge is -2.30. The molecule has 0 aliphatic rings. The third-order valence-electron chi connectivity index (χ3n) is 11.2. The van der Waals surface area contributed by atoms with Crippen LogP contribution in [0.5, 0.6) is 0 Å². The summed E-state index contributed by atoms with van der Waals surface area (Å²) in [6, 6.07) is -0.803. The van der Waals surface area contributed by atoms with Gasteiger partial charge < -0.3 is 28.8 Å². The first-order chi connectivity index (χ1) is 30.5. The van der Waals surface area contributed by atoms with Gasteiger partial charge in [0.2, 0.25) is 5.91 Å². The molecule has 366 valence electrons. The number of phosphoric acid groups is 1. The summed E-state index contributed by atoms with van der Waals surface area (Å²) >= 11 is 0. The number of quaternary nitrogens is 1. The van der Waals surface area contributed by atoms with Gasteiger partial charge in [0, 0.05) is 6.42 Å². The Bertz CT molecular complexity index is 1250. The normalized spacial score (nSPS) is 14.7. The van der Waals surface area contributed by atoms with E-state index in [-0.39, 0.29) is 19.1 Å². The zero-order chi connectivity index (χ0) is 46.4. The zero-order valence-corrected chi connectivity index (χ0v) is 42.4. The molecule has 0 bridgehead atoms. The number of unbranched alkanes of at least 4 members (excludes halogenated alkanes) is 21. The van der Waals surface area contributed by atoms with Crippen LogP contribution in [0.2, 0.25) is 0 Å². The topological polar surface area (TPSA) is 108 Å². The van der Waals surface area contributed by atoms with Gasteiger partial charge in [-0.25, -0.2) is 0 Å². The molecule has 0 aliphatic heterocycles. The fourth-order valence-electron chi connectivity index (χ4n) is 7.16. The van der Waals surface area contributed by atoms with E-state index in [1.165, 1.54) is 109 Å². The lowest BCUT2D eigenvalue weighted by Crippen LogP contribution is -2.46. The van der Waals surface area contributed by atoms with Gasteiger partial charge in [0.1, 0.15) is 13.2 Å². The molecule has 0 heterocycles. The Morgan fingerprint density at radius 1 is 0.571 bits per heavy atom. The molecule has 9 heteroatoms. The van der Waals surface area contributed by atoms with Crippen LogP contribution in [0.25, 0.3) is 0 Å². The van der Waals surface area contributed by atoms with E-state index in [0.29, 0.717) is 23.9 Å². The van der Waals surface area contributed by atoms with E-state index < -0.39 is 20.0 Å². The quantitative estimate of drug-likeness (QED) is 0.0273. The number of hydrogen-bond acceptors (Lipinski definition) is 6. The summed E-state index contributed by atoms with van der Waals surface area (Å²) in [5, 5.41) is 13.9. The van der Waals surface area contributed by atoms with E-state index in [1.54, 1.807) is 0 Å². The second kappa shape index (κ2) is 45.1. The number of carbonyl (C=O) groups is 1. The molecule has 0 rings (SSSR count). The first kappa shape index (κ1) is 60.9. The third kappa shape index (κ3) is 47.7. The van der Waals surface area contributed by atoms with E-state index in [4.69, 9.17) is 9.05 Å². The second-order valence-electron chi connectivity index (χ2n) is 18.5. The molecule has 0 saturated carbocycles. The molecule has 0 saturated heterocycles. The first-order valence-electron chi connectivity index (χ1n) is 25.8. The highest BCUT2D eigenvalue weighted by Crippen LogP contribution is 2.38. The monoisotopic (exact) mass is 903 g/mol. The predicted octanol–water partition coefficient (Wildman–Crippen LogP) is 14.5. The molecule has 3 unspecified atom stereocenters. The van der Waals surface area contributed by atoms with Crippen molar-refractivity contribution < 1.29 is 32.9 Å². The Kier molecular flexibility index (Phi) is 43.6. The van der Waals surface area contributed by atoms with Gasteiger partial charge in [-0.3, -0.25) is 9.36 Å². The maximum Gasteiger partial charge on any atom is 0.268 e. The minimum Gasteiger partial charge on any atom is -0.756 e. The van der Waals surface area contributed by atoms with Crippen LogP contribution < -0.4 is 10.2 Å². The van der Waals surface area contributed by atoms with Crippen LogP contribution >= 0.6 is 7.82 Å². The van der Waals surface area contributed by atoms with E-state index in [9.17, 15) is 19.4 Å². The molecule has 0 spiro atoms. The number of nitrogens with zero attached hydrogens (tertiary/aromatic N) is 1. The van der Waals surface area contributed by atoms with Crippen LogP contribution in [0.3, 0.4) is 0 Å². The van der Waals surface area contributed by atoms with Crippen molar-refractivity contribution in [3.05, 3.63) is 72.9 Å². The number of amides is 1. The van der Waals surface area contributed by atoms with E-state index >= 15 is 0 Å². The van der Waals surface area contributed by atoms with Crippen molar-refractivity contribution in [1.29, 1.82) is 0 Å². The molecule has 0 aromatic rings. The summed E-state index contributed by atoms with van der Waals surface area (Å²) in [7, 11) is 1.30. The summed E-state index contributed by atoms with van der Waals surface area (Å²) in [6.07, 6.45) is 60.7. The summed E-state index contributed by atoms with van der Waals surface area (Å²) in [4.78, 5) is 25.4. The maximum atomic E-state index is 12.9. The minimum atomic E-state index is -4.57. The summed E-state index contributed by atoms with van der Waals surface area (Å²) in [6.45, 7) is 4.58. The fraction of sp³-hybridized carbons (Fsp3) is 0.759. The Morgan fingerprint density at radius 2 is 0.968 bits per heavy atom. The van der Waals surface area contributed by atoms with Gasteiger partial charge in [0.25, 0.3) is 7.82 Å². The largest absolute Gasteiger partial charge is 0.756 e. The zero-order valence-electron chi connectivity index (χ0n) is 41.5. The van der Waals surface area contributed by atoms with Gasteiger partial charge >= 0.3 is 0 Å². The van der Waals surface area contributed by atoms with Crippen LogP contribution in [-0.2, 0) is 18.4 Å². The second-order valence-corrected chi connectivity index (χ2v) is 19.9. The molecule has 0 aromatic carbocycles. The molecule has 2 N–H and O–H groups in total. The van der Waals surface area contributed by atoms with E-state index in [1.807, 2.05) is 21.1 Å². The van der Waals surface area contributed by atoms with Crippen molar-refractivity contribution >= 4 is 13.7 Å². The minimum absolute atomic E-state index is 0.00923. The maximum absolute atomic E-state index is 12.9. The average Bonchev–Trinajstić information content (AvgIpc) is 3.24. The van der Waals surface area contributed by atoms with Crippen molar-refractivity contribution in [2.24, 2.45) is 0 Å². The highest BCUT2D eigenvalue weighted by atomic mass is 31.2. The van der Waals surface area contributed by atoms with Crippen LogP contribution in [0, 0.1) is 0 Å². The summed E-state index contributed by atoms with van der Waals surface area (Å²) in [5.74, 6) is -0.172. The number of aliphatic hydroxyl groups is 1. The molecule has 63 heavy (non-hydrogen) atoms. The molecule has 3 atom stereocenters. The number of hydrogen-bond donors (Lipinski definition) is 2. The van der Waals surface area contributed by atoms with Crippen molar-refractivity contribution in [1.82, 2.24) is 5.32 Å². The van der Waals surface area contributed by atoms with Gasteiger partial charge in [0.05, 0.1) is 39.9 Å². The Morgan fingerprint density at radius 3 is 1.41 bits per heavy atom. The third-order valence-corrected chi connectivity index (χ3v) is 12.2. The number of likely N-dealkylation sites (N-methyl/N-ethyl adjacent to an activating group) is 1. The molecule has 0 radical (unpaired) electrons. The Hall–Kier alpha value is -2.06. The average molecular weight is 903 g/mol. The highest BCUT2D eigenvalue weighted by Gasteiger charge is 2.24. The molecule has 1 amide bonds. The van der Waals surface area contributed by atoms with Gasteiger partial charge in [0.15, 0.2) is 0 Å². The van der Waals surface area contributed by atoms with Crippen LogP contribution in [0.15, 0.2) is 72.9 Å². The van der Waals surface area contributed by atoms with Crippen molar-refractivity contribution in [3.8, 4) is 0 Å². The molecule has 0 aromatic heterocycles. The number of aliphatic hydroxyl groups excluding tert-OH is 1. The summed E-state index contributed by atoms with van der Waals surface area (Å²) < 4.78 is 23.3. The molecule has 0 fully saturated rings. The number of rotatable bonds is 46. The molecule has 0 aliphatic carbocycles. The standard InChI is InChI=1S/C54H99N2O6P/c1-6-8-10-12-14-16-18-19-20-21-22-23-24-25-26-27-28-29-30-31-32-33-34-35-36-37-38-40-42-44-46-48-54(58)55-52(51-62-63(59,60)61-50-49-56(3,4)5)53(57)47-45-43-41-39-17-15-13-11-9-7-2/h8,10,14,16,19-20,22-23,25-26,28-29,52-53,57H,6-7,9,11-13,15,17-18,21,24,27,30-51H2,1-5H3,(H-,55,58,59,60)/b10-8-,16-14-,20-19-,23-22-,26-25-,29-28-. The van der Waals surface area contributed by atoms with E-state index in [2.05, 4.69) is 92.1 Å². The molecular weight excluding hydrogens is 804 g/mol. The van der Waals surface area contributed by atoms with Crippen LogP contribution in [0.4, 0.5) is 0 Å². The van der Waals surface area contributed by atoms with Crippen molar-refractivity contribution in [2.45, 2.75) is 225 Å². The molecule has 8 nitrogen and oxygen atoms in total. The lowest BCUT2D eigenvalue weighted by atomic mass is 10.0. The Balaban J connectivity index is 4.07. The number of nitrogens with one attached hydrogen (secondary N) is 1. The fourth-order valence-corrected chi connectivity index (χ4v) is 7.88. The van der Waals surface area contributed by atoms with Crippen molar-refractivity contribution in [3.63, 3.8) is 0 Å². The van der Waals surface area contributed by atoms with Crippen LogP contribution in [-0.4, -0.2) is 68.5 Å². The van der Waals surface area contributed by atoms with Crippen molar-refractivity contribution in [2.75, 3.05) is 40.9 Å². The highest BCUT2D eigenvalue weighted by molar-refractivity contribution is 7.45. The lowest BCUT2D eigenvalue weighted by molar-refractivity contribution is -0.870. The number of carbonyl (C=O) groups excluding carboxylic acids is 1. The SMILES string of the molecule is CC/C=C\C/C=C\C/C=C\C/C=C\C/C=C\C/C=C\CCCCCCCCCCCCCCC(=O)NC(COP(=O)([O-])OCC[N+](C)(C)C)C(O)CCCCCCCCCCCC. The van der Waals surface area contributed by atoms with E-state index in [0.717, 1.165) is 77.0 Å². The Labute approximate surface area is 389 Å². The first-order valence-corrected chi connectivity index (χ1v) is 27.2.